The van der Waals surface area contributed by atoms with Crippen molar-refractivity contribution >= 4 is 50.9 Å². The minimum atomic E-state index is -4.10. The van der Waals surface area contributed by atoms with E-state index in [-0.39, 0.29) is 36.3 Å². The van der Waals surface area contributed by atoms with Gasteiger partial charge in [-0.05, 0) is 47.5 Å². The van der Waals surface area contributed by atoms with Crippen molar-refractivity contribution < 1.29 is 23.4 Å². The zero-order valence-corrected chi connectivity index (χ0v) is 22.2. The monoisotopic (exact) mass is 574 g/mol. The molecule has 2 atom stereocenters. The number of aliphatic carboxylic acids is 1. The first-order chi connectivity index (χ1) is 18.1. The molecule has 0 radical (unpaired) electrons. The smallest absolute Gasteiger partial charge is 0.332 e. The number of carboxylic acids is 1. The molecular formula is C26H24Cl2N4O5S. The number of halogens is 2. The highest BCUT2D eigenvalue weighted by Gasteiger charge is 2.33. The zero-order chi connectivity index (χ0) is 27.3. The van der Waals surface area contributed by atoms with Crippen LogP contribution in [0.4, 0.5) is 0 Å². The molecule has 0 spiro atoms. The lowest BCUT2D eigenvalue weighted by atomic mass is 9.91. The summed E-state index contributed by atoms with van der Waals surface area (Å²) >= 11 is 12.0. The lowest BCUT2D eigenvalue weighted by Crippen LogP contribution is -2.41. The summed E-state index contributed by atoms with van der Waals surface area (Å²) in [7, 11) is -4.10. The van der Waals surface area contributed by atoms with Gasteiger partial charge in [0.15, 0.2) is 6.10 Å². The van der Waals surface area contributed by atoms with Gasteiger partial charge in [0, 0.05) is 28.9 Å². The summed E-state index contributed by atoms with van der Waals surface area (Å²) in [6, 6.07) is 22.4. The highest BCUT2D eigenvalue weighted by atomic mass is 35.5. The van der Waals surface area contributed by atoms with Gasteiger partial charge in [-0.25, -0.2) is 22.9 Å². The second-order valence-electron chi connectivity index (χ2n) is 8.44. The first-order valence-electron chi connectivity index (χ1n) is 11.5. The molecule has 1 unspecified atom stereocenters. The molecule has 12 heteroatoms. The highest BCUT2D eigenvalue weighted by molar-refractivity contribution is 7.90. The van der Waals surface area contributed by atoms with E-state index in [1.54, 1.807) is 12.1 Å². The number of hydrogen-bond acceptors (Lipinski definition) is 6. The zero-order valence-electron chi connectivity index (χ0n) is 19.9. The second-order valence-corrected chi connectivity index (χ2v) is 11.0. The molecule has 3 aromatic rings. The number of sulfonamides is 1. The molecule has 0 saturated carbocycles. The molecule has 3 aromatic carbocycles. The molecule has 3 N–H and O–H groups in total. The van der Waals surface area contributed by atoms with E-state index < -0.39 is 22.1 Å². The van der Waals surface area contributed by atoms with Gasteiger partial charge in [-0.15, -0.1) is 0 Å². The number of carbonyl (C=O) groups is 1. The van der Waals surface area contributed by atoms with Gasteiger partial charge < -0.3 is 10.2 Å². The largest absolute Gasteiger partial charge is 0.479 e. The Morgan fingerprint density at radius 2 is 1.63 bits per heavy atom. The minimum Gasteiger partial charge on any atom is -0.479 e. The Morgan fingerprint density at radius 3 is 2.24 bits per heavy atom. The van der Waals surface area contributed by atoms with Crippen LogP contribution < -0.4 is 4.72 Å². The third-order valence-corrected chi connectivity index (χ3v) is 7.65. The number of aliphatic imine (C=N–C) groups is 1. The summed E-state index contributed by atoms with van der Waals surface area (Å²) in [6.45, 7) is 0.0929. The quantitative estimate of drug-likeness (QED) is 0.275. The number of aliphatic hydroxyl groups excluding tert-OH is 1. The number of benzene rings is 3. The van der Waals surface area contributed by atoms with Crippen molar-refractivity contribution in [3.8, 4) is 0 Å². The molecule has 0 fully saturated rings. The highest BCUT2D eigenvalue weighted by Crippen LogP contribution is 2.29. The van der Waals surface area contributed by atoms with Crippen LogP contribution in [0.5, 0.6) is 0 Å². The predicted molar refractivity (Wildman–Crippen MR) is 146 cm³/mol. The van der Waals surface area contributed by atoms with Gasteiger partial charge in [-0.1, -0.05) is 65.7 Å². The Morgan fingerprint density at radius 1 is 1.03 bits per heavy atom. The number of hydrazone groups is 1. The van der Waals surface area contributed by atoms with Crippen molar-refractivity contribution in [2.75, 3.05) is 13.1 Å². The molecule has 1 aliphatic heterocycles. The lowest BCUT2D eigenvalue weighted by molar-refractivity contribution is -0.146. The average molecular weight is 575 g/mol. The van der Waals surface area contributed by atoms with Crippen LogP contribution in [0.3, 0.4) is 0 Å². The van der Waals surface area contributed by atoms with Crippen LogP contribution in [0.1, 0.15) is 23.5 Å². The number of nitrogens with one attached hydrogen (secondary N) is 1. The van der Waals surface area contributed by atoms with Crippen LogP contribution in [0.15, 0.2) is 93.9 Å². The summed E-state index contributed by atoms with van der Waals surface area (Å²) in [5.41, 5.74) is 2.44. The summed E-state index contributed by atoms with van der Waals surface area (Å²) < 4.78 is 28.9. The molecule has 198 valence electrons. The molecule has 0 amide bonds. The molecule has 1 aliphatic rings. The number of carboxylic acid groups (broad SMARTS) is 1. The van der Waals surface area contributed by atoms with E-state index in [1.807, 2.05) is 42.5 Å². The van der Waals surface area contributed by atoms with Gasteiger partial charge in [0.1, 0.15) is 0 Å². The second kappa shape index (κ2) is 12.0. The third kappa shape index (κ3) is 6.70. The maximum Gasteiger partial charge on any atom is 0.332 e. The van der Waals surface area contributed by atoms with Gasteiger partial charge >= 0.3 is 5.97 Å². The standard InChI is InChI=1S/C26H24Cl2N4O5S/c27-19-8-6-18(7-9-19)24-22(17-4-2-1-3-5-17)16-32(30-24)26(29-15-14-23(33)25(34)35)31-38(36,37)21-12-10-20(28)11-13-21/h1-13,22-23,33H,14-16H2,(H,29,31)(H,34,35)/t22?,23-/m0/s1. The van der Waals surface area contributed by atoms with Gasteiger partial charge in [-0.2, -0.15) is 5.10 Å². The Hall–Kier alpha value is -3.44. The predicted octanol–water partition coefficient (Wildman–Crippen LogP) is 3.97. The normalized spacial score (nSPS) is 16.7. The van der Waals surface area contributed by atoms with E-state index in [2.05, 4.69) is 9.71 Å². The molecule has 0 bridgehead atoms. The fourth-order valence-corrected chi connectivity index (χ4v) is 5.11. The van der Waals surface area contributed by atoms with Crippen LogP contribution in [-0.2, 0) is 14.8 Å². The number of nitrogens with zero attached hydrogens (tertiary/aromatic N) is 3. The van der Waals surface area contributed by atoms with Gasteiger partial charge in [0.25, 0.3) is 10.0 Å². The van der Waals surface area contributed by atoms with Crippen molar-refractivity contribution in [2.45, 2.75) is 23.3 Å². The van der Waals surface area contributed by atoms with E-state index in [0.717, 1.165) is 11.1 Å². The summed E-state index contributed by atoms with van der Waals surface area (Å²) in [5, 5.41) is 25.8. The maximum atomic E-state index is 13.2. The molecular weight excluding hydrogens is 551 g/mol. The Kier molecular flexibility index (Phi) is 8.68. The van der Waals surface area contributed by atoms with E-state index in [0.29, 0.717) is 15.8 Å². The summed E-state index contributed by atoms with van der Waals surface area (Å²) in [5.74, 6) is -1.73. The molecule has 9 nitrogen and oxygen atoms in total. The van der Waals surface area contributed by atoms with Gasteiger partial charge in [-0.3, -0.25) is 4.99 Å². The van der Waals surface area contributed by atoms with E-state index in [1.165, 1.54) is 29.3 Å². The summed E-state index contributed by atoms with van der Waals surface area (Å²) in [6.07, 6.45) is -1.86. The first kappa shape index (κ1) is 27.6. The van der Waals surface area contributed by atoms with Gasteiger partial charge in [0.05, 0.1) is 17.2 Å². The van der Waals surface area contributed by atoms with E-state index in [9.17, 15) is 18.3 Å². The Labute approximate surface area is 230 Å². The van der Waals surface area contributed by atoms with E-state index >= 15 is 0 Å². The first-order valence-corrected chi connectivity index (χ1v) is 13.8. The number of hydrogen-bond donors (Lipinski definition) is 3. The van der Waals surface area contributed by atoms with Crippen molar-refractivity contribution in [1.82, 2.24) is 9.73 Å². The molecule has 0 aromatic heterocycles. The van der Waals surface area contributed by atoms with Crippen LogP contribution in [0.2, 0.25) is 10.0 Å². The summed E-state index contributed by atoms with van der Waals surface area (Å²) in [4.78, 5) is 15.3. The number of rotatable bonds is 8. The lowest BCUT2D eigenvalue weighted by Gasteiger charge is -2.20. The average Bonchev–Trinajstić information content (AvgIpc) is 3.34. The number of aliphatic hydroxyl groups is 1. The maximum absolute atomic E-state index is 13.2. The molecule has 0 saturated heterocycles. The van der Waals surface area contributed by atoms with Crippen molar-refractivity contribution in [2.24, 2.45) is 10.1 Å². The van der Waals surface area contributed by atoms with Crippen LogP contribution in [0.25, 0.3) is 0 Å². The van der Waals surface area contributed by atoms with Crippen LogP contribution in [0, 0.1) is 0 Å². The van der Waals surface area contributed by atoms with Crippen molar-refractivity contribution in [1.29, 1.82) is 0 Å². The number of guanidine groups is 1. The van der Waals surface area contributed by atoms with Gasteiger partial charge in [0.2, 0.25) is 5.96 Å². The van der Waals surface area contributed by atoms with Crippen molar-refractivity contribution in [3.05, 3.63) is 100 Å². The molecule has 1 heterocycles. The Bertz CT molecular complexity index is 1450. The molecule has 4 rings (SSSR count). The fraction of sp³-hybridized carbons (Fsp3) is 0.192. The van der Waals surface area contributed by atoms with Crippen LogP contribution >= 0.6 is 23.2 Å². The fourth-order valence-electron chi connectivity index (χ4n) is 3.84. The minimum absolute atomic E-state index is 0.0409. The van der Waals surface area contributed by atoms with Crippen molar-refractivity contribution in [3.63, 3.8) is 0 Å². The Balaban J connectivity index is 1.71. The SMILES string of the molecule is O=C(O)[C@@H](O)CCN=C(NS(=O)(=O)c1ccc(Cl)cc1)N1CC(c2ccccc2)C(c2ccc(Cl)cc2)=N1. The molecule has 0 aliphatic carbocycles. The third-order valence-electron chi connectivity index (χ3n) is 5.80. The topological polar surface area (TPSA) is 132 Å². The van der Waals surface area contributed by atoms with E-state index in [4.69, 9.17) is 33.4 Å². The molecule has 38 heavy (non-hydrogen) atoms. The van der Waals surface area contributed by atoms with Crippen LogP contribution in [-0.4, -0.2) is 60.5 Å².